The lowest BCUT2D eigenvalue weighted by Crippen LogP contribution is -2.29. The summed E-state index contributed by atoms with van der Waals surface area (Å²) in [7, 11) is 0. The highest BCUT2D eigenvalue weighted by Crippen LogP contribution is 2.33. The molecule has 3 saturated heterocycles. The zero-order valence-corrected chi connectivity index (χ0v) is 13.5. The van der Waals surface area contributed by atoms with Crippen molar-refractivity contribution in [2.45, 2.75) is 19.4 Å². The number of hydrogen-bond acceptors (Lipinski definition) is 7. The van der Waals surface area contributed by atoms with E-state index in [1.54, 1.807) is 0 Å². The van der Waals surface area contributed by atoms with Gasteiger partial charge < -0.3 is 25.5 Å². The molecule has 1 unspecified atom stereocenters. The van der Waals surface area contributed by atoms with Gasteiger partial charge in [-0.15, -0.1) is 0 Å². The highest BCUT2D eigenvalue weighted by Gasteiger charge is 2.43. The molecule has 4 rings (SSSR count). The summed E-state index contributed by atoms with van der Waals surface area (Å²) in [6.07, 6.45) is 2.00. The van der Waals surface area contributed by atoms with Crippen LogP contribution in [-0.2, 0) is 9.59 Å². The molecule has 0 spiro atoms. The largest absolute Gasteiger partial charge is 0.392 e. The molecule has 0 bridgehead atoms. The molecule has 23 heavy (non-hydrogen) atoms. The van der Waals surface area contributed by atoms with E-state index in [1.165, 1.54) is 6.08 Å². The van der Waals surface area contributed by atoms with Crippen molar-refractivity contribution < 1.29 is 14.7 Å². The number of carbonyl (C=O) groups excluding carboxylic acids is 2. The number of allylic oxidation sites excluding steroid dienone is 1. The van der Waals surface area contributed by atoms with Crippen molar-refractivity contribution in [1.82, 2.24) is 14.7 Å². The van der Waals surface area contributed by atoms with E-state index in [1.807, 2.05) is 21.6 Å². The second kappa shape index (κ2) is 6.33. The Balaban J connectivity index is 0.000000227. The van der Waals surface area contributed by atoms with Crippen molar-refractivity contribution in [3.63, 3.8) is 0 Å². The number of nitrogens with zero attached hydrogens (tertiary/aromatic N) is 3. The minimum Gasteiger partial charge on any atom is -0.392 e. The molecule has 126 valence electrons. The van der Waals surface area contributed by atoms with Gasteiger partial charge in [0.25, 0.3) is 0 Å². The second-order valence-corrected chi connectivity index (χ2v) is 6.18. The zero-order chi connectivity index (χ0) is 16.6. The van der Waals surface area contributed by atoms with Crippen LogP contribution in [0.2, 0.25) is 0 Å². The van der Waals surface area contributed by atoms with Crippen LogP contribution in [0.3, 0.4) is 0 Å². The van der Waals surface area contributed by atoms with Gasteiger partial charge in [-0.25, -0.2) is 0 Å². The van der Waals surface area contributed by atoms with E-state index in [0.29, 0.717) is 23.6 Å². The third-order valence-electron chi connectivity index (χ3n) is 4.23. The average Bonchev–Trinajstić information content (AvgIpc) is 3.42. The first-order chi connectivity index (χ1) is 11.1. The molecule has 3 N–H and O–H groups in total. The van der Waals surface area contributed by atoms with Crippen LogP contribution in [0.15, 0.2) is 23.2 Å². The topological polar surface area (TPSA) is 89.4 Å². The number of aliphatic hydroxyl groups excluding tert-OH is 1. The fourth-order valence-corrected chi connectivity index (χ4v) is 2.44. The lowest BCUT2D eigenvalue weighted by molar-refractivity contribution is -0.117. The fraction of sp³-hybridized carbons (Fsp3) is 0.625. The molecule has 7 heteroatoms. The maximum Gasteiger partial charge on any atom is 0.227 e. The summed E-state index contributed by atoms with van der Waals surface area (Å²) in [5.74, 6) is 0.0485. The molecule has 0 saturated carbocycles. The Morgan fingerprint density at radius 3 is 1.96 bits per heavy atom. The van der Waals surface area contributed by atoms with Crippen LogP contribution >= 0.6 is 0 Å². The van der Waals surface area contributed by atoms with Gasteiger partial charge in [0, 0.05) is 51.9 Å². The Morgan fingerprint density at radius 1 is 1.04 bits per heavy atom. The van der Waals surface area contributed by atoms with Crippen molar-refractivity contribution in [3.05, 3.63) is 23.2 Å². The third kappa shape index (κ3) is 3.56. The third-order valence-corrected chi connectivity index (χ3v) is 4.23. The molecule has 1 atom stereocenters. The molecule has 0 aromatic rings. The number of ketones is 2. The number of hydrogen-bond donors (Lipinski definition) is 2. The van der Waals surface area contributed by atoms with Gasteiger partial charge in [0.2, 0.25) is 11.6 Å². The number of carbonyl (C=O) groups is 2. The van der Waals surface area contributed by atoms with Crippen molar-refractivity contribution in [1.29, 1.82) is 0 Å². The molecule has 3 aliphatic heterocycles. The van der Waals surface area contributed by atoms with Gasteiger partial charge >= 0.3 is 0 Å². The molecule has 0 aromatic carbocycles. The lowest BCUT2D eigenvalue weighted by atomic mass is 10.0. The van der Waals surface area contributed by atoms with Crippen LogP contribution < -0.4 is 5.73 Å². The van der Waals surface area contributed by atoms with Gasteiger partial charge in [0.05, 0.1) is 11.8 Å². The fourth-order valence-electron chi connectivity index (χ4n) is 2.44. The normalized spacial score (nSPS) is 23.4. The van der Waals surface area contributed by atoms with Gasteiger partial charge in [-0.1, -0.05) is 6.92 Å². The molecular weight excluding hydrogens is 296 g/mol. The standard InChI is InChI=1S/C12H13N3O2.C4H11NO/c16-9-7-8(13-1-2-13)12(17)11(15-5-6-15)10(9)14-3-4-14;1-2-4(6)3-5/h7H,1-6H2;4,6H,2-3,5H2,1H3. The summed E-state index contributed by atoms with van der Waals surface area (Å²) < 4.78 is 0. The Hall–Kier alpha value is -1.86. The molecule has 0 aromatic heterocycles. The maximum atomic E-state index is 12.4. The van der Waals surface area contributed by atoms with E-state index in [9.17, 15) is 9.59 Å². The minimum atomic E-state index is -0.287. The molecule has 3 fully saturated rings. The lowest BCUT2D eigenvalue weighted by Gasteiger charge is -2.21. The first-order valence-electron chi connectivity index (χ1n) is 8.24. The SMILES string of the molecule is CCC(O)CN.O=C1C=C(N2CC2)C(=O)C(N2CC2)=C1N1CC1. The average molecular weight is 320 g/mol. The smallest absolute Gasteiger partial charge is 0.227 e. The van der Waals surface area contributed by atoms with Crippen LogP contribution in [0.25, 0.3) is 0 Å². The van der Waals surface area contributed by atoms with Crippen LogP contribution in [0.5, 0.6) is 0 Å². The summed E-state index contributed by atoms with van der Waals surface area (Å²) in [5.41, 5.74) is 6.92. The number of aliphatic hydroxyl groups is 1. The van der Waals surface area contributed by atoms with Gasteiger partial charge in [0.15, 0.2) is 0 Å². The molecule has 3 heterocycles. The second-order valence-electron chi connectivity index (χ2n) is 6.18. The summed E-state index contributed by atoms with van der Waals surface area (Å²) in [6, 6.07) is 0. The van der Waals surface area contributed by atoms with Gasteiger partial charge in [0.1, 0.15) is 11.4 Å². The number of Topliss-reactive ketones (excluding diaryl/α,β-unsaturated/α-hetero) is 1. The van der Waals surface area contributed by atoms with Crippen LogP contribution in [0.4, 0.5) is 0 Å². The van der Waals surface area contributed by atoms with Crippen molar-refractivity contribution in [3.8, 4) is 0 Å². The molecule has 0 amide bonds. The summed E-state index contributed by atoms with van der Waals surface area (Å²) in [5, 5.41) is 8.54. The molecule has 1 aliphatic carbocycles. The summed E-state index contributed by atoms with van der Waals surface area (Å²) in [6.45, 7) is 7.69. The van der Waals surface area contributed by atoms with Crippen molar-refractivity contribution in [2.75, 3.05) is 45.8 Å². The maximum absolute atomic E-state index is 12.4. The monoisotopic (exact) mass is 320 g/mol. The van der Waals surface area contributed by atoms with Crippen LogP contribution in [-0.4, -0.2) is 83.3 Å². The minimum absolute atomic E-state index is 0.00546. The first kappa shape index (κ1) is 16.0. The van der Waals surface area contributed by atoms with E-state index < -0.39 is 0 Å². The Morgan fingerprint density at radius 2 is 1.57 bits per heavy atom. The van der Waals surface area contributed by atoms with E-state index in [0.717, 1.165) is 45.7 Å². The van der Waals surface area contributed by atoms with E-state index in [2.05, 4.69) is 0 Å². The summed E-state index contributed by atoms with van der Waals surface area (Å²) >= 11 is 0. The number of rotatable bonds is 5. The van der Waals surface area contributed by atoms with Crippen LogP contribution in [0, 0.1) is 0 Å². The zero-order valence-electron chi connectivity index (χ0n) is 13.5. The molecule has 4 aliphatic rings. The quantitative estimate of drug-likeness (QED) is 0.491. The Bertz CT molecular complexity index is 568. The Kier molecular flexibility index (Phi) is 4.41. The van der Waals surface area contributed by atoms with E-state index >= 15 is 0 Å². The van der Waals surface area contributed by atoms with Gasteiger partial charge in [-0.05, 0) is 6.42 Å². The molecular formula is C16H24N4O3. The van der Waals surface area contributed by atoms with Crippen molar-refractivity contribution in [2.24, 2.45) is 5.73 Å². The van der Waals surface area contributed by atoms with E-state index in [-0.39, 0.29) is 17.7 Å². The molecule has 7 nitrogen and oxygen atoms in total. The highest BCUT2D eigenvalue weighted by molar-refractivity contribution is 6.22. The predicted octanol–water partition coefficient (Wildman–Crippen LogP) is -1.10. The number of nitrogens with two attached hydrogens (primary N) is 1. The first-order valence-corrected chi connectivity index (χ1v) is 8.24. The Labute approximate surface area is 136 Å². The van der Waals surface area contributed by atoms with Gasteiger partial charge in [-0.3, -0.25) is 9.59 Å². The van der Waals surface area contributed by atoms with Gasteiger partial charge in [-0.2, -0.15) is 0 Å². The predicted molar refractivity (Wildman–Crippen MR) is 85.2 cm³/mol. The molecule has 0 radical (unpaired) electrons. The van der Waals surface area contributed by atoms with Crippen molar-refractivity contribution >= 4 is 11.6 Å². The van der Waals surface area contributed by atoms with E-state index in [4.69, 9.17) is 10.8 Å². The van der Waals surface area contributed by atoms with Crippen LogP contribution in [0.1, 0.15) is 13.3 Å². The summed E-state index contributed by atoms with van der Waals surface area (Å²) in [4.78, 5) is 30.5. The highest BCUT2D eigenvalue weighted by atomic mass is 16.3.